The van der Waals surface area contributed by atoms with Crippen LogP contribution in [0.15, 0.2) is 18.5 Å². The molecule has 0 bridgehead atoms. The second-order valence-corrected chi connectivity index (χ2v) is 3.72. The van der Waals surface area contributed by atoms with Crippen LogP contribution in [0.2, 0.25) is 0 Å². The fraction of sp³-hybridized carbons (Fsp3) is 0.375. The highest BCUT2D eigenvalue weighted by Crippen LogP contribution is 2.12. The minimum atomic E-state index is 0.121. The molecule has 3 N–H and O–H groups in total. The van der Waals surface area contributed by atoms with Crippen molar-refractivity contribution in [3.8, 4) is 0 Å². The molecule has 1 unspecified atom stereocenters. The van der Waals surface area contributed by atoms with Gasteiger partial charge in [-0.2, -0.15) is 5.10 Å². The smallest absolute Gasteiger partial charge is 0.220 e. The highest BCUT2D eigenvalue weighted by atomic mass is 32.1. The summed E-state index contributed by atoms with van der Waals surface area (Å²) in [5.41, 5.74) is 5.70. The predicted octanol–water partition coefficient (Wildman–Crippen LogP) is 0.981. The lowest BCUT2D eigenvalue weighted by molar-refractivity contribution is 0.437. The van der Waals surface area contributed by atoms with Gasteiger partial charge in [0.2, 0.25) is 5.95 Å². The van der Waals surface area contributed by atoms with Crippen molar-refractivity contribution in [2.75, 3.05) is 5.73 Å². The number of nitrogen functional groups attached to an aromatic ring is 1. The summed E-state index contributed by atoms with van der Waals surface area (Å²) < 4.78 is 4.14. The maximum Gasteiger partial charge on any atom is 0.220 e. The Bertz CT molecular complexity index is 481. The van der Waals surface area contributed by atoms with Crippen molar-refractivity contribution >= 4 is 18.2 Å². The van der Waals surface area contributed by atoms with Gasteiger partial charge in [0, 0.05) is 12.4 Å². The minimum Gasteiger partial charge on any atom is -0.368 e. The van der Waals surface area contributed by atoms with E-state index < -0.39 is 0 Å². The maximum absolute atomic E-state index is 5.70. The van der Waals surface area contributed by atoms with Gasteiger partial charge < -0.3 is 5.73 Å². The summed E-state index contributed by atoms with van der Waals surface area (Å²) in [5, 5.41) is 10.6. The number of hydrogen-bond donors (Lipinski definition) is 2. The van der Waals surface area contributed by atoms with E-state index in [0.717, 1.165) is 0 Å². The summed E-state index contributed by atoms with van der Waals surface area (Å²) >= 11 is 5.08. The molecular weight excluding hydrogens is 212 g/mol. The molecule has 15 heavy (non-hydrogen) atoms. The highest BCUT2D eigenvalue weighted by Gasteiger charge is 2.10. The van der Waals surface area contributed by atoms with Gasteiger partial charge in [0.1, 0.15) is 0 Å². The van der Waals surface area contributed by atoms with Crippen LogP contribution in [0, 0.1) is 4.77 Å². The summed E-state index contributed by atoms with van der Waals surface area (Å²) in [4.78, 5) is 0. The SMILES string of the molecule is CC(Cn1cccn1)n1c(N)n[nH]c1=S. The quantitative estimate of drug-likeness (QED) is 0.762. The molecule has 0 saturated carbocycles. The van der Waals surface area contributed by atoms with E-state index in [9.17, 15) is 0 Å². The molecule has 0 radical (unpaired) electrons. The first-order valence-corrected chi connectivity index (χ1v) is 4.99. The molecule has 7 heteroatoms. The molecule has 0 saturated heterocycles. The van der Waals surface area contributed by atoms with E-state index >= 15 is 0 Å². The molecule has 2 heterocycles. The van der Waals surface area contributed by atoms with Gasteiger partial charge in [-0.05, 0) is 25.2 Å². The number of rotatable bonds is 3. The third-order valence-corrected chi connectivity index (χ3v) is 2.47. The van der Waals surface area contributed by atoms with Gasteiger partial charge in [-0.25, -0.2) is 5.10 Å². The Morgan fingerprint density at radius 3 is 3.00 bits per heavy atom. The Hall–Kier alpha value is -1.63. The lowest BCUT2D eigenvalue weighted by Crippen LogP contribution is -2.15. The molecule has 2 aromatic rings. The van der Waals surface area contributed by atoms with Crippen LogP contribution in [-0.2, 0) is 6.54 Å². The third-order valence-electron chi connectivity index (χ3n) is 2.18. The van der Waals surface area contributed by atoms with Crippen molar-refractivity contribution in [3.63, 3.8) is 0 Å². The molecule has 0 aromatic carbocycles. The van der Waals surface area contributed by atoms with E-state index in [1.165, 1.54) is 0 Å². The minimum absolute atomic E-state index is 0.121. The Balaban J connectivity index is 2.22. The average Bonchev–Trinajstić information content (AvgIpc) is 2.77. The fourth-order valence-electron chi connectivity index (χ4n) is 1.50. The standard InChI is InChI=1S/C8H12N6S/c1-6(5-13-4-2-3-10-13)14-7(9)11-12-8(14)15/h2-4,6H,5H2,1H3,(H2,9,11)(H,12,15). The van der Waals surface area contributed by atoms with Gasteiger partial charge in [0.25, 0.3) is 0 Å². The molecule has 0 aliphatic rings. The summed E-state index contributed by atoms with van der Waals surface area (Å²) in [5.74, 6) is 0.402. The lowest BCUT2D eigenvalue weighted by atomic mass is 10.3. The van der Waals surface area contributed by atoms with E-state index in [1.54, 1.807) is 10.8 Å². The Labute approximate surface area is 91.7 Å². The topological polar surface area (TPSA) is 77.4 Å². The summed E-state index contributed by atoms with van der Waals surface area (Å²) in [7, 11) is 0. The van der Waals surface area contributed by atoms with E-state index in [0.29, 0.717) is 17.3 Å². The van der Waals surface area contributed by atoms with Gasteiger partial charge in [-0.3, -0.25) is 9.25 Å². The van der Waals surface area contributed by atoms with Crippen molar-refractivity contribution in [3.05, 3.63) is 23.2 Å². The number of aromatic amines is 1. The van der Waals surface area contributed by atoms with Gasteiger partial charge in [-0.1, -0.05) is 0 Å². The van der Waals surface area contributed by atoms with Crippen molar-refractivity contribution in [2.24, 2.45) is 0 Å². The van der Waals surface area contributed by atoms with Crippen molar-refractivity contribution < 1.29 is 0 Å². The first kappa shape index (κ1) is 9.91. The Morgan fingerprint density at radius 1 is 1.67 bits per heavy atom. The Morgan fingerprint density at radius 2 is 2.47 bits per heavy atom. The van der Waals surface area contributed by atoms with Crippen molar-refractivity contribution in [1.82, 2.24) is 24.5 Å². The molecule has 0 spiro atoms. The van der Waals surface area contributed by atoms with Crippen LogP contribution in [-0.4, -0.2) is 24.5 Å². The number of nitrogens with one attached hydrogen (secondary N) is 1. The van der Waals surface area contributed by atoms with E-state index in [4.69, 9.17) is 18.0 Å². The first-order chi connectivity index (χ1) is 7.18. The third kappa shape index (κ3) is 1.91. The first-order valence-electron chi connectivity index (χ1n) is 4.58. The van der Waals surface area contributed by atoms with E-state index in [2.05, 4.69) is 15.3 Å². The van der Waals surface area contributed by atoms with Crippen LogP contribution in [0.3, 0.4) is 0 Å². The molecule has 2 rings (SSSR count). The molecule has 0 amide bonds. The van der Waals surface area contributed by atoms with E-state index in [-0.39, 0.29) is 6.04 Å². The number of nitrogens with two attached hydrogens (primary N) is 1. The Kier molecular flexibility index (Phi) is 2.55. The van der Waals surface area contributed by atoms with Gasteiger partial charge in [0.05, 0.1) is 12.6 Å². The molecule has 1 atom stereocenters. The molecule has 0 aliphatic heterocycles. The number of hydrogen-bond acceptors (Lipinski definition) is 4. The van der Waals surface area contributed by atoms with Crippen LogP contribution in [0.4, 0.5) is 5.95 Å². The molecule has 2 aromatic heterocycles. The fourth-order valence-corrected chi connectivity index (χ4v) is 1.82. The van der Waals surface area contributed by atoms with Crippen LogP contribution in [0.5, 0.6) is 0 Å². The van der Waals surface area contributed by atoms with Gasteiger partial charge in [0.15, 0.2) is 4.77 Å². The molecule has 6 nitrogen and oxygen atoms in total. The molecule has 0 fully saturated rings. The summed E-state index contributed by atoms with van der Waals surface area (Å²) in [6.45, 7) is 2.73. The number of anilines is 1. The van der Waals surface area contributed by atoms with Gasteiger partial charge in [-0.15, -0.1) is 5.10 Å². The number of aromatic nitrogens is 5. The number of nitrogens with zero attached hydrogens (tertiary/aromatic N) is 4. The lowest BCUT2D eigenvalue weighted by Gasteiger charge is -2.13. The number of H-pyrrole nitrogens is 1. The zero-order valence-corrected chi connectivity index (χ0v) is 9.11. The second kappa shape index (κ2) is 3.85. The van der Waals surface area contributed by atoms with Crippen LogP contribution < -0.4 is 5.73 Å². The van der Waals surface area contributed by atoms with Crippen LogP contribution in [0.1, 0.15) is 13.0 Å². The van der Waals surface area contributed by atoms with Gasteiger partial charge >= 0.3 is 0 Å². The normalized spacial score (nSPS) is 12.9. The van der Waals surface area contributed by atoms with Crippen LogP contribution >= 0.6 is 12.2 Å². The zero-order valence-electron chi connectivity index (χ0n) is 8.29. The van der Waals surface area contributed by atoms with Crippen molar-refractivity contribution in [1.29, 1.82) is 0 Å². The maximum atomic E-state index is 5.70. The monoisotopic (exact) mass is 224 g/mol. The molecule has 0 aliphatic carbocycles. The summed E-state index contributed by atoms with van der Waals surface area (Å²) in [6.07, 6.45) is 3.64. The van der Waals surface area contributed by atoms with E-state index in [1.807, 2.05) is 23.9 Å². The van der Waals surface area contributed by atoms with Crippen LogP contribution in [0.25, 0.3) is 0 Å². The highest BCUT2D eigenvalue weighted by molar-refractivity contribution is 7.71. The summed E-state index contributed by atoms with van der Waals surface area (Å²) in [6, 6.07) is 2.00. The second-order valence-electron chi connectivity index (χ2n) is 3.33. The largest absolute Gasteiger partial charge is 0.368 e. The van der Waals surface area contributed by atoms with Crippen molar-refractivity contribution in [2.45, 2.75) is 19.5 Å². The molecule has 80 valence electrons. The molecular formula is C8H12N6S. The average molecular weight is 224 g/mol. The predicted molar refractivity (Wildman–Crippen MR) is 58.8 cm³/mol. The zero-order chi connectivity index (χ0) is 10.8.